The summed E-state index contributed by atoms with van der Waals surface area (Å²) in [6.07, 6.45) is 4.83. The molecule has 2 aromatic heterocycles. The zero-order valence-corrected chi connectivity index (χ0v) is 11.6. The van der Waals surface area contributed by atoms with Crippen LogP contribution in [-0.2, 0) is 0 Å². The fourth-order valence-electron chi connectivity index (χ4n) is 1.52. The first-order valence-electron chi connectivity index (χ1n) is 5.41. The quantitative estimate of drug-likeness (QED) is 0.916. The maximum Gasteiger partial charge on any atom is 0.259 e. The van der Waals surface area contributed by atoms with E-state index >= 15 is 0 Å². The lowest BCUT2D eigenvalue weighted by Gasteiger charge is -2.22. The number of hydrogen-bond acceptors (Lipinski definition) is 4. The van der Waals surface area contributed by atoms with Gasteiger partial charge in [0.2, 0.25) is 0 Å². The normalized spacial score (nSPS) is 12.7. The average molecular weight is 313 g/mol. The molecule has 0 bridgehead atoms. The zero-order chi connectivity index (χ0) is 13.3. The Kier molecular flexibility index (Phi) is 3.63. The number of hydrogen-bond donors (Lipinski definition) is 1. The highest BCUT2D eigenvalue weighted by atomic mass is 79.9. The molecule has 0 aliphatic heterocycles. The van der Waals surface area contributed by atoms with E-state index in [0.29, 0.717) is 11.2 Å². The monoisotopic (exact) mass is 312 g/mol. The fraction of sp³-hybridized carbons (Fsp3) is 0.364. The third-order valence-electron chi connectivity index (χ3n) is 2.80. The molecule has 96 valence electrons. The number of aromatic nitrogens is 3. The highest BCUT2D eigenvalue weighted by molar-refractivity contribution is 9.10. The van der Waals surface area contributed by atoms with Crippen LogP contribution >= 0.6 is 15.9 Å². The van der Waals surface area contributed by atoms with Gasteiger partial charge in [0.1, 0.15) is 5.56 Å². The predicted octanol–water partition coefficient (Wildman–Crippen LogP) is 0.945. The minimum absolute atomic E-state index is 0.0829. The molecule has 1 atom stereocenters. The van der Waals surface area contributed by atoms with Crippen molar-refractivity contribution < 1.29 is 9.90 Å². The van der Waals surface area contributed by atoms with Crippen molar-refractivity contribution in [2.24, 2.45) is 0 Å². The van der Waals surface area contributed by atoms with Gasteiger partial charge in [-0.05, 0) is 22.9 Å². The highest BCUT2D eigenvalue weighted by Crippen LogP contribution is 2.14. The van der Waals surface area contributed by atoms with Crippen molar-refractivity contribution in [3.8, 4) is 0 Å². The maximum absolute atomic E-state index is 12.2. The number of aliphatic hydroxyl groups excluding tert-OH is 1. The van der Waals surface area contributed by atoms with Gasteiger partial charge in [-0.2, -0.15) is 5.10 Å². The first-order valence-corrected chi connectivity index (χ1v) is 6.20. The van der Waals surface area contributed by atoms with Gasteiger partial charge in [0.15, 0.2) is 5.65 Å². The smallest absolute Gasteiger partial charge is 0.259 e. The van der Waals surface area contributed by atoms with E-state index in [-0.39, 0.29) is 18.6 Å². The van der Waals surface area contributed by atoms with Gasteiger partial charge in [-0.1, -0.05) is 0 Å². The molecule has 2 rings (SSSR count). The Hall–Kier alpha value is -1.47. The van der Waals surface area contributed by atoms with E-state index < -0.39 is 0 Å². The summed E-state index contributed by atoms with van der Waals surface area (Å²) in [4.78, 5) is 17.9. The Morgan fingerprint density at radius 2 is 2.33 bits per heavy atom. The largest absolute Gasteiger partial charge is 0.394 e. The Labute approximate surface area is 112 Å². The molecule has 0 aromatic carbocycles. The molecular weight excluding hydrogens is 300 g/mol. The van der Waals surface area contributed by atoms with Crippen LogP contribution in [0.4, 0.5) is 0 Å². The van der Waals surface area contributed by atoms with E-state index in [4.69, 9.17) is 5.11 Å². The van der Waals surface area contributed by atoms with Crippen molar-refractivity contribution >= 4 is 27.5 Å². The molecular formula is C11H13BrN4O2. The molecule has 1 amide bonds. The van der Waals surface area contributed by atoms with Gasteiger partial charge < -0.3 is 10.0 Å². The van der Waals surface area contributed by atoms with Crippen molar-refractivity contribution in [1.82, 2.24) is 19.5 Å². The molecule has 0 aliphatic rings. The molecule has 18 heavy (non-hydrogen) atoms. The van der Waals surface area contributed by atoms with Crippen LogP contribution in [0.5, 0.6) is 0 Å². The molecule has 0 aliphatic carbocycles. The van der Waals surface area contributed by atoms with E-state index in [2.05, 4.69) is 26.0 Å². The summed E-state index contributed by atoms with van der Waals surface area (Å²) in [6.45, 7) is 1.69. The number of rotatable bonds is 3. The van der Waals surface area contributed by atoms with E-state index in [1.54, 1.807) is 26.4 Å². The molecule has 1 N–H and O–H groups in total. The summed E-state index contributed by atoms with van der Waals surface area (Å²) in [6, 6.07) is -0.247. The molecule has 0 radical (unpaired) electrons. The van der Waals surface area contributed by atoms with Gasteiger partial charge in [-0.3, -0.25) is 4.79 Å². The van der Waals surface area contributed by atoms with Crippen LogP contribution in [0.15, 0.2) is 23.1 Å². The van der Waals surface area contributed by atoms with E-state index in [1.165, 1.54) is 15.6 Å². The third-order valence-corrected chi connectivity index (χ3v) is 3.21. The van der Waals surface area contributed by atoms with Crippen LogP contribution in [0.25, 0.3) is 5.65 Å². The second kappa shape index (κ2) is 5.03. The van der Waals surface area contributed by atoms with Crippen molar-refractivity contribution in [3.05, 3.63) is 28.6 Å². The molecule has 0 saturated carbocycles. The van der Waals surface area contributed by atoms with Crippen LogP contribution in [-0.4, -0.2) is 50.2 Å². The van der Waals surface area contributed by atoms with Crippen molar-refractivity contribution in [1.29, 1.82) is 0 Å². The van der Waals surface area contributed by atoms with E-state index in [0.717, 1.165) is 4.47 Å². The molecule has 2 heterocycles. The second-order valence-corrected chi connectivity index (χ2v) is 4.96. The van der Waals surface area contributed by atoms with Gasteiger partial charge in [0, 0.05) is 19.4 Å². The second-order valence-electron chi connectivity index (χ2n) is 4.05. The lowest BCUT2D eigenvalue weighted by molar-refractivity contribution is 0.0684. The number of halogens is 1. The first-order chi connectivity index (χ1) is 8.54. The summed E-state index contributed by atoms with van der Waals surface area (Å²) in [5, 5.41) is 13.1. The van der Waals surface area contributed by atoms with E-state index in [1.807, 2.05) is 0 Å². The Balaban J connectivity index is 2.39. The van der Waals surface area contributed by atoms with E-state index in [9.17, 15) is 4.79 Å². The number of fused-ring (bicyclic) bond motifs is 1. The van der Waals surface area contributed by atoms with Gasteiger partial charge >= 0.3 is 0 Å². The highest BCUT2D eigenvalue weighted by Gasteiger charge is 2.21. The summed E-state index contributed by atoms with van der Waals surface area (Å²) in [7, 11) is 1.64. The zero-order valence-electron chi connectivity index (χ0n) is 10.0. The van der Waals surface area contributed by atoms with Crippen LogP contribution < -0.4 is 0 Å². The van der Waals surface area contributed by atoms with Crippen molar-refractivity contribution in [2.75, 3.05) is 13.7 Å². The Morgan fingerprint density at radius 3 is 3.00 bits per heavy atom. The lowest BCUT2D eigenvalue weighted by atomic mass is 10.2. The molecule has 2 aromatic rings. The van der Waals surface area contributed by atoms with Crippen molar-refractivity contribution in [3.63, 3.8) is 0 Å². The maximum atomic E-state index is 12.2. The number of amides is 1. The van der Waals surface area contributed by atoms with Crippen LogP contribution in [0, 0.1) is 0 Å². The minimum atomic E-state index is -0.247. The third kappa shape index (κ3) is 2.23. The van der Waals surface area contributed by atoms with Gasteiger partial charge in [-0.15, -0.1) is 0 Å². The summed E-state index contributed by atoms with van der Waals surface area (Å²) in [5.74, 6) is -0.207. The van der Waals surface area contributed by atoms with Gasteiger partial charge in [-0.25, -0.2) is 9.50 Å². The minimum Gasteiger partial charge on any atom is -0.394 e. The summed E-state index contributed by atoms with van der Waals surface area (Å²) >= 11 is 3.29. The number of aliphatic hydroxyl groups is 1. The number of carbonyl (C=O) groups is 1. The first kappa shape index (κ1) is 13.0. The molecule has 7 heteroatoms. The van der Waals surface area contributed by atoms with Crippen LogP contribution in [0.2, 0.25) is 0 Å². The molecule has 0 spiro atoms. The summed E-state index contributed by atoms with van der Waals surface area (Å²) < 4.78 is 2.32. The van der Waals surface area contributed by atoms with Crippen LogP contribution in [0.3, 0.4) is 0 Å². The lowest BCUT2D eigenvalue weighted by Crippen LogP contribution is -2.37. The Bertz CT molecular complexity index is 583. The molecule has 0 saturated heterocycles. The summed E-state index contributed by atoms with van der Waals surface area (Å²) in [5.41, 5.74) is 0.922. The SMILES string of the molecule is CC(CO)N(C)C(=O)c1cnn2cc(Br)cnc12. The number of carbonyl (C=O) groups excluding carboxylic acids is 1. The Morgan fingerprint density at radius 1 is 1.61 bits per heavy atom. The van der Waals surface area contributed by atoms with Gasteiger partial charge in [0.05, 0.1) is 23.3 Å². The van der Waals surface area contributed by atoms with Gasteiger partial charge in [0.25, 0.3) is 5.91 Å². The molecule has 6 nitrogen and oxygen atoms in total. The molecule has 0 fully saturated rings. The number of nitrogens with zero attached hydrogens (tertiary/aromatic N) is 4. The standard InChI is InChI=1S/C11H13BrN4O2/c1-7(6-17)15(2)11(18)9-4-14-16-5-8(12)3-13-10(9)16/h3-5,7,17H,6H2,1-2H3. The predicted molar refractivity (Wildman–Crippen MR) is 69.3 cm³/mol. The van der Waals surface area contributed by atoms with Crippen LogP contribution in [0.1, 0.15) is 17.3 Å². The topological polar surface area (TPSA) is 70.7 Å². The molecule has 1 unspecified atom stereocenters. The number of likely N-dealkylation sites (N-methyl/N-ethyl adjacent to an activating group) is 1. The fourth-order valence-corrected chi connectivity index (χ4v) is 1.81. The van der Waals surface area contributed by atoms with Crippen molar-refractivity contribution in [2.45, 2.75) is 13.0 Å². The average Bonchev–Trinajstić information content (AvgIpc) is 2.78.